The van der Waals surface area contributed by atoms with E-state index in [4.69, 9.17) is 5.11 Å². The number of carbonyl (C=O) groups is 2. The normalized spacial score (nSPS) is 12.3. The number of amides is 1. The van der Waals surface area contributed by atoms with Crippen LogP contribution in [0.25, 0.3) is 0 Å². The third-order valence-corrected chi connectivity index (χ3v) is 2.65. The van der Waals surface area contributed by atoms with Crippen molar-refractivity contribution in [2.45, 2.75) is 32.9 Å². The summed E-state index contributed by atoms with van der Waals surface area (Å²) in [6.45, 7) is 2.59. The number of carbonyl (C=O) groups excluding carboxylic acids is 1. The van der Waals surface area contributed by atoms with E-state index in [-0.39, 0.29) is 12.8 Å². The minimum absolute atomic E-state index is 0.150. The van der Waals surface area contributed by atoms with Crippen molar-refractivity contribution in [1.29, 1.82) is 0 Å². The van der Waals surface area contributed by atoms with Crippen LogP contribution < -0.4 is 5.32 Å². The number of hydrogen-bond acceptors (Lipinski definition) is 2. The van der Waals surface area contributed by atoms with E-state index in [0.29, 0.717) is 0 Å². The van der Waals surface area contributed by atoms with Gasteiger partial charge in [-0.1, -0.05) is 13.8 Å². The molecule has 2 N–H and O–H groups in total. The summed E-state index contributed by atoms with van der Waals surface area (Å²) in [6.07, 6.45) is -4.68. The molecule has 0 saturated carbocycles. The van der Waals surface area contributed by atoms with Gasteiger partial charge in [0.15, 0.2) is 0 Å². The van der Waals surface area contributed by atoms with Crippen LogP contribution in [0.3, 0.4) is 0 Å². The van der Waals surface area contributed by atoms with Crippen LogP contribution in [0.4, 0.5) is 13.2 Å². The average molecular weight is 241 g/mol. The minimum Gasteiger partial charge on any atom is -0.481 e. The summed E-state index contributed by atoms with van der Waals surface area (Å²) < 4.78 is 35.6. The largest absolute Gasteiger partial charge is 0.481 e. The Balaban J connectivity index is 4.57. The topological polar surface area (TPSA) is 66.4 Å². The number of nitrogens with one attached hydrogen (secondary N) is 1. The van der Waals surface area contributed by atoms with Crippen molar-refractivity contribution in [2.75, 3.05) is 6.54 Å². The van der Waals surface area contributed by atoms with Crippen LogP contribution in [-0.2, 0) is 9.59 Å². The van der Waals surface area contributed by atoms with Crippen LogP contribution in [0, 0.1) is 5.41 Å². The number of carboxylic acids is 1. The zero-order chi connectivity index (χ0) is 13.0. The van der Waals surface area contributed by atoms with Crippen LogP contribution >= 0.6 is 0 Å². The molecule has 94 valence electrons. The molecule has 0 spiro atoms. The van der Waals surface area contributed by atoms with Gasteiger partial charge >= 0.3 is 18.1 Å². The third kappa shape index (κ3) is 3.39. The van der Waals surface area contributed by atoms with Crippen LogP contribution in [0.1, 0.15) is 26.7 Å². The Labute approximate surface area is 90.8 Å². The molecule has 4 nitrogen and oxygen atoms in total. The fraction of sp³-hybridized carbons (Fsp3) is 0.778. The molecule has 0 aliphatic rings. The molecule has 16 heavy (non-hydrogen) atoms. The number of rotatable bonds is 5. The number of carboxylic acid groups (broad SMARTS) is 1. The van der Waals surface area contributed by atoms with Gasteiger partial charge in [-0.3, -0.25) is 9.59 Å². The lowest BCUT2D eigenvalue weighted by Gasteiger charge is -2.26. The molecule has 0 saturated heterocycles. The van der Waals surface area contributed by atoms with E-state index < -0.39 is 30.0 Å². The number of alkyl halides is 3. The molecule has 0 aromatic heterocycles. The highest BCUT2D eigenvalue weighted by Gasteiger charge is 2.41. The summed E-state index contributed by atoms with van der Waals surface area (Å²) in [5.41, 5.74) is -1.33. The molecule has 0 unspecified atom stereocenters. The van der Waals surface area contributed by atoms with E-state index in [1.807, 2.05) is 0 Å². The molecule has 1 amide bonds. The monoisotopic (exact) mass is 241 g/mol. The summed E-state index contributed by atoms with van der Waals surface area (Å²) in [5, 5.41) is 10.5. The minimum atomic E-state index is -4.98. The summed E-state index contributed by atoms with van der Waals surface area (Å²) in [5.74, 6) is -3.32. The molecule has 0 bridgehead atoms. The van der Waals surface area contributed by atoms with Gasteiger partial charge in [-0.05, 0) is 12.8 Å². The second kappa shape index (κ2) is 5.18. The fourth-order valence-corrected chi connectivity index (χ4v) is 1.23. The van der Waals surface area contributed by atoms with Crippen LogP contribution in [0.15, 0.2) is 0 Å². The molecular weight excluding hydrogens is 227 g/mol. The molecule has 7 heteroatoms. The van der Waals surface area contributed by atoms with E-state index >= 15 is 0 Å². The molecule has 0 rings (SSSR count). The number of hydrogen-bond donors (Lipinski definition) is 2. The van der Waals surface area contributed by atoms with E-state index in [2.05, 4.69) is 0 Å². The highest BCUT2D eigenvalue weighted by Crippen LogP contribution is 2.26. The van der Waals surface area contributed by atoms with Gasteiger partial charge in [0.05, 0.1) is 5.41 Å². The van der Waals surface area contributed by atoms with E-state index in [1.54, 1.807) is 19.2 Å². The van der Waals surface area contributed by atoms with Gasteiger partial charge < -0.3 is 10.4 Å². The van der Waals surface area contributed by atoms with Crippen LogP contribution in [-0.4, -0.2) is 29.7 Å². The zero-order valence-electron chi connectivity index (χ0n) is 9.02. The van der Waals surface area contributed by atoms with Crippen LogP contribution in [0.5, 0.6) is 0 Å². The maximum Gasteiger partial charge on any atom is 0.471 e. The van der Waals surface area contributed by atoms with Crippen molar-refractivity contribution in [3.8, 4) is 0 Å². The van der Waals surface area contributed by atoms with Gasteiger partial charge in [0, 0.05) is 6.54 Å². The predicted molar refractivity (Wildman–Crippen MR) is 49.7 cm³/mol. The second-order valence-corrected chi connectivity index (χ2v) is 3.47. The van der Waals surface area contributed by atoms with E-state index in [0.717, 1.165) is 0 Å². The first-order chi connectivity index (χ1) is 7.19. The Morgan fingerprint density at radius 1 is 1.19 bits per heavy atom. The van der Waals surface area contributed by atoms with Crippen molar-refractivity contribution in [3.05, 3.63) is 0 Å². The van der Waals surface area contributed by atoms with E-state index in [9.17, 15) is 22.8 Å². The van der Waals surface area contributed by atoms with Gasteiger partial charge in [0.1, 0.15) is 0 Å². The second-order valence-electron chi connectivity index (χ2n) is 3.47. The lowest BCUT2D eigenvalue weighted by molar-refractivity contribution is -0.174. The lowest BCUT2D eigenvalue weighted by atomic mass is 9.82. The average Bonchev–Trinajstić information content (AvgIpc) is 2.17. The first kappa shape index (κ1) is 14.7. The van der Waals surface area contributed by atoms with Crippen molar-refractivity contribution in [2.24, 2.45) is 5.41 Å². The van der Waals surface area contributed by atoms with Crippen molar-refractivity contribution >= 4 is 11.9 Å². The zero-order valence-corrected chi connectivity index (χ0v) is 9.02. The van der Waals surface area contributed by atoms with Crippen molar-refractivity contribution < 1.29 is 27.9 Å². The molecule has 0 aromatic rings. The quantitative estimate of drug-likeness (QED) is 0.767. The van der Waals surface area contributed by atoms with E-state index in [1.165, 1.54) is 0 Å². The molecule has 0 aliphatic heterocycles. The third-order valence-electron chi connectivity index (χ3n) is 2.65. The molecule has 0 atom stereocenters. The summed E-state index contributed by atoms with van der Waals surface area (Å²) in [7, 11) is 0. The number of halogens is 3. The maximum absolute atomic E-state index is 11.9. The standard InChI is InChI=1S/C9H14F3NO3/c1-3-8(4-2,7(15)16)5-13-6(14)9(10,11)12/h3-5H2,1-2H3,(H,13,14)(H,15,16). The van der Waals surface area contributed by atoms with Crippen molar-refractivity contribution in [3.63, 3.8) is 0 Å². The van der Waals surface area contributed by atoms with Crippen LogP contribution in [0.2, 0.25) is 0 Å². The van der Waals surface area contributed by atoms with Crippen molar-refractivity contribution in [1.82, 2.24) is 5.32 Å². The van der Waals surface area contributed by atoms with Gasteiger partial charge in [0.2, 0.25) is 0 Å². The molecule has 0 aromatic carbocycles. The fourth-order valence-electron chi connectivity index (χ4n) is 1.23. The molecule has 0 fully saturated rings. The maximum atomic E-state index is 11.9. The SMILES string of the molecule is CCC(CC)(CNC(=O)C(F)(F)F)C(=O)O. The summed E-state index contributed by atoms with van der Waals surface area (Å²) >= 11 is 0. The van der Waals surface area contributed by atoms with Gasteiger partial charge in [-0.15, -0.1) is 0 Å². The van der Waals surface area contributed by atoms with Gasteiger partial charge in [0.25, 0.3) is 0 Å². The van der Waals surface area contributed by atoms with Gasteiger partial charge in [-0.25, -0.2) is 0 Å². The Morgan fingerprint density at radius 2 is 1.62 bits per heavy atom. The smallest absolute Gasteiger partial charge is 0.471 e. The highest BCUT2D eigenvalue weighted by molar-refractivity contribution is 5.83. The molecule has 0 heterocycles. The van der Waals surface area contributed by atoms with Gasteiger partial charge in [-0.2, -0.15) is 13.2 Å². The Morgan fingerprint density at radius 3 is 1.88 bits per heavy atom. The first-order valence-electron chi connectivity index (χ1n) is 4.78. The highest BCUT2D eigenvalue weighted by atomic mass is 19.4. The molecule has 0 aliphatic carbocycles. The number of aliphatic carboxylic acids is 1. The Kier molecular flexibility index (Phi) is 4.77. The molecule has 0 radical (unpaired) electrons. The Bertz CT molecular complexity index is 272. The first-order valence-corrected chi connectivity index (χ1v) is 4.78. The summed E-state index contributed by atoms with van der Waals surface area (Å²) in [6, 6.07) is 0. The Hall–Kier alpha value is -1.27. The predicted octanol–water partition coefficient (Wildman–Crippen LogP) is 1.56. The summed E-state index contributed by atoms with van der Waals surface area (Å²) in [4.78, 5) is 21.4. The lowest BCUT2D eigenvalue weighted by Crippen LogP contribution is -2.46. The molecular formula is C9H14F3NO3.